The number of pyridine rings is 2. The number of fused-ring (bicyclic) bond motifs is 2. The Kier molecular flexibility index (Phi) is 6.52. The number of alkyl halides is 6. The van der Waals surface area contributed by atoms with Crippen LogP contribution in [0, 0.1) is 0 Å². The molecule has 2 aliphatic heterocycles. The van der Waals surface area contributed by atoms with Crippen LogP contribution < -0.4 is 4.90 Å². The highest BCUT2D eigenvalue weighted by Gasteiger charge is 2.42. The molecule has 0 saturated carbocycles. The van der Waals surface area contributed by atoms with E-state index in [0.29, 0.717) is 18.7 Å². The van der Waals surface area contributed by atoms with Crippen LogP contribution >= 0.6 is 0 Å². The van der Waals surface area contributed by atoms with Crippen molar-refractivity contribution in [2.45, 2.75) is 50.5 Å². The Bertz CT molecular complexity index is 1400. The Morgan fingerprint density at radius 2 is 1.58 bits per heavy atom. The predicted octanol–water partition coefficient (Wildman–Crippen LogP) is 6.16. The van der Waals surface area contributed by atoms with Crippen molar-refractivity contribution in [3.8, 4) is 0 Å². The molecule has 2 aliphatic rings. The van der Waals surface area contributed by atoms with Gasteiger partial charge in [-0.25, -0.2) is 9.97 Å². The molecule has 3 aromatic rings. The minimum atomic E-state index is -5.15. The number of likely N-dealkylation sites (tertiary alicyclic amines) is 1. The molecule has 0 radical (unpaired) electrons. The third-order valence-electron chi connectivity index (χ3n) is 6.91. The van der Waals surface area contributed by atoms with Crippen molar-refractivity contribution < 1.29 is 35.9 Å². The third kappa shape index (κ3) is 4.79. The lowest BCUT2D eigenvalue weighted by atomic mass is 10.0. The average Bonchev–Trinajstić information content (AvgIpc) is 3.02. The first-order chi connectivity index (χ1) is 17.9. The Balaban J connectivity index is 1.59. The maximum Gasteiger partial charge on any atom is 0.433 e. The number of carbonyl (C=O) groups is 2. The minimum Gasteiger partial charge on any atom is -0.343 e. The molecule has 38 heavy (non-hydrogen) atoms. The molecule has 6 nitrogen and oxygen atoms in total. The van der Waals surface area contributed by atoms with E-state index in [0.717, 1.165) is 42.7 Å². The van der Waals surface area contributed by atoms with Crippen LogP contribution in [0.3, 0.4) is 0 Å². The largest absolute Gasteiger partial charge is 0.433 e. The van der Waals surface area contributed by atoms with Crippen LogP contribution in [0.1, 0.15) is 65.3 Å². The number of rotatable bonds is 3. The van der Waals surface area contributed by atoms with Crippen LogP contribution in [0.25, 0.3) is 11.0 Å². The molecule has 2 aromatic heterocycles. The molecule has 200 valence electrons. The van der Waals surface area contributed by atoms with Gasteiger partial charge in [0.05, 0.1) is 18.0 Å². The number of carbonyl (C=O) groups excluding carboxylic acids is 2. The zero-order valence-electron chi connectivity index (χ0n) is 19.9. The lowest BCUT2D eigenvalue weighted by molar-refractivity contribution is -0.144. The van der Waals surface area contributed by atoms with Gasteiger partial charge in [0.15, 0.2) is 5.65 Å². The SMILES string of the molecule is O=C(CC1c2ccccc2C(=O)N1c1ccc2c(C(F)(F)F)cc(C(F)(F)F)nc2n1)N1CCCCCC1. The maximum absolute atomic E-state index is 13.6. The van der Waals surface area contributed by atoms with E-state index in [2.05, 4.69) is 9.97 Å². The van der Waals surface area contributed by atoms with Gasteiger partial charge in [-0.05, 0) is 42.7 Å². The Morgan fingerprint density at radius 3 is 2.24 bits per heavy atom. The summed E-state index contributed by atoms with van der Waals surface area (Å²) in [6.07, 6.45) is -6.61. The van der Waals surface area contributed by atoms with Crippen LogP contribution in [-0.2, 0) is 17.1 Å². The maximum atomic E-state index is 13.6. The van der Waals surface area contributed by atoms with E-state index in [-0.39, 0.29) is 29.8 Å². The number of nitrogens with zero attached hydrogens (tertiary/aromatic N) is 4. The smallest absolute Gasteiger partial charge is 0.343 e. The fourth-order valence-corrected chi connectivity index (χ4v) is 5.08. The number of hydrogen-bond donors (Lipinski definition) is 0. The summed E-state index contributed by atoms with van der Waals surface area (Å²) >= 11 is 0. The second kappa shape index (κ2) is 9.55. The average molecular weight is 536 g/mol. The summed E-state index contributed by atoms with van der Waals surface area (Å²) in [5.74, 6) is -0.930. The molecule has 0 aliphatic carbocycles. The molecule has 4 heterocycles. The highest BCUT2D eigenvalue weighted by atomic mass is 19.4. The summed E-state index contributed by atoms with van der Waals surface area (Å²) in [4.78, 5) is 36.9. The van der Waals surface area contributed by atoms with Gasteiger partial charge < -0.3 is 4.90 Å². The first kappa shape index (κ1) is 25.9. The van der Waals surface area contributed by atoms with Crippen molar-refractivity contribution in [2.24, 2.45) is 0 Å². The van der Waals surface area contributed by atoms with Crippen molar-refractivity contribution >= 4 is 28.7 Å². The van der Waals surface area contributed by atoms with E-state index < -0.39 is 46.6 Å². The predicted molar refractivity (Wildman–Crippen MR) is 125 cm³/mol. The Hall–Kier alpha value is -3.70. The summed E-state index contributed by atoms with van der Waals surface area (Å²) in [5.41, 5.74) is -3.25. The zero-order valence-corrected chi connectivity index (χ0v) is 19.9. The number of anilines is 1. The van der Waals surface area contributed by atoms with Crippen LogP contribution in [0.2, 0.25) is 0 Å². The molecule has 1 fully saturated rings. The molecule has 2 amide bonds. The normalized spacial score (nSPS) is 18.6. The van der Waals surface area contributed by atoms with E-state index >= 15 is 0 Å². The summed E-state index contributed by atoms with van der Waals surface area (Å²) in [6, 6.07) is 7.78. The van der Waals surface area contributed by atoms with Crippen molar-refractivity contribution in [3.63, 3.8) is 0 Å². The van der Waals surface area contributed by atoms with Crippen molar-refractivity contribution in [1.82, 2.24) is 14.9 Å². The van der Waals surface area contributed by atoms with Gasteiger partial charge in [0.2, 0.25) is 5.91 Å². The highest BCUT2D eigenvalue weighted by molar-refractivity contribution is 6.11. The van der Waals surface area contributed by atoms with Crippen molar-refractivity contribution in [3.05, 3.63) is 64.8 Å². The van der Waals surface area contributed by atoms with E-state index in [9.17, 15) is 35.9 Å². The molecule has 0 spiro atoms. The fourth-order valence-electron chi connectivity index (χ4n) is 5.08. The van der Waals surface area contributed by atoms with Gasteiger partial charge in [0.25, 0.3) is 5.91 Å². The van der Waals surface area contributed by atoms with Gasteiger partial charge in [-0.15, -0.1) is 0 Å². The lowest BCUT2D eigenvalue weighted by Crippen LogP contribution is -2.36. The Morgan fingerprint density at radius 1 is 0.895 bits per heavy atom. The molecule has 1 atom stereocenters. The molecule has 1 saturated heterocycles. The van der Waals surface area contributed by atoms with Gasteiger partial charge in [0.1, 0.15) is 11.5 Å². The van der Waals surface area contributed by atoms with Gasteiger partial charge in [-0.2, -0.15) is 26.3 Å². The number of amides is 2. The van der Waals surface area contributed by atoms with E-state index in [1.54, 1.807) is 29.2 Å². The summed E-state index contributed by atoms with van der Waals surface area (Å²) < 4.78 is 81.0. The third-order valence-corrected chi connectivity index (χ3v) is 6.91. The topological polar surface area (TPSA) is 66.4 Å². The highest BCUT2D eigenvalue weighted by Crippen LogP contribution is 2.42. The molecule has 12 heteroatoms. The second-order valence-corrected chi connectivity index (χ2v) is 9.37. The van der Waals surface area contributed by atoms with Crippen molar-refractivity contribution in [1.29, 1.82) is 0 Å². The van der Waals surface area contributed by atoms with Crippen LogP contribution in [0.4, 0.5) is 32.2 Å². The Labute approximate surface area is 213 Å². The molecule has 0 bridgehead atoms. The zero-order chi connectivity index (χ0) is 27.2. The van der Waals surface area contributed by atoms with Gasteiger partial charge in [-0.1, -0.05) is 31.0 Å². The van der Waals surface area contributed by atoms with Crippen LogP contribution in [-0.4, -0.2) is 39.8 Å². The molecule has 1 aromatic carbocycles. The molecular formula is C26H22F6N4O2. The van der Waals surface area contributed by atoms with Gasteiger partial charge in [0, 0.05) is 24.0 Å². The van der Waals surface area contributed by atoms with Gasteiger partial charge >= 0.3 is 12.4 Å². The molecule has 0 N–H and O–H groups in total. The molecule has 1 unspecified atom stereocenters. The molecule has 5 rings (SSSR count). The van der Waals surface area contributed by atoms with E-state index in [4.69, 9.17) is 0 Å². The quantitative estimate of drug-likeness (QED) is 0.376. The minimum absolute atomic E-state index is 0.0524. The first-order valence-electron chi connectivity index (χ1n) is 12.1. The number of hydrogen-bond acceptors (Lipinski definition) is 4. The molecular weight excluding hydrogens is 514 g/mol. The lowest BCUT2D eigenvalue weighted by Gasteiger charge is -2.27. The van der Waals surface area contributed by atoms with E-state index in [1.165, 1.54) is 0 Å². The standard InChI is InChI=1S/C26H22F6N4O2/c27-25(28,29)18-13-20(26(30,31)32)33-23-17(18)9-10-21(34-23)36-19(15-7-3-4-8-16(15)24(36)38)14-22(37)35-11-5-1-2-6-12-35/h3-4,7-10,13,19H,1-2,5-6,11-12,14H2. The number of halogens is 6. The summed E-state index contributed by atoms with van der Waals surface area (Å²) in [7, 11) is 0. The van der Waals surface area contributed by atoms with Crippen LogP contribution in [0.15, 0.2) is 42.5 Å². The van der Waals surface area contributed by atoms with Crippen LogP contribution in [0.5, 0.6) is 0 Å². The monoisotopic (exact) mass is 536 g/mol. The van der Waals surface area contributed by atoms with E-state index in [1.807, 2.05) is 0 Å². The fraction of sp³-hybridized carbons (Fsp3) is 0.385. The summed E-state index contributed by atoms with van der Waals surface area (Å²) in [6.45, 7) is 1.17. The van der Waals surface area contributed by atoms with Crippen molar-refractivity contribution in [2.75, 3.05) is 18.0 Å². The number of aromatic nitrogens is 2. The summed E-state index contributed by atoms with van der Waals surface area (Å²) in [5, 5.41) is -0.629. The number of benzene rings is 1. The first-order valence-corrected chi connectivity index (χ1v) is 12.1. The second-order valence-electron chi connectivity index (χ2n) is 9.37. The van der Waals surface area contributed by atoms with Gasteiger partial charge in [-0.3, -0.25) is 14.5 Å².